The molecule has 14 heteroatoms. The average Bonchev–Trinajstić information content (AvgIpc) is 3.32. The van der Waals surface area contributed by atoms with Gasteiger partial charge in [-0.25, -0.2) is 8.42 Å². The summed E-state index contributed by atoms with van der Waals surface area (Å²) in [4.78, 5) is 17.3. The lowest BCUT2D eigenvalue weighted by molar-refractivity contribution is -0.144. The number of nitrogens with zero attached hydrogens (tertiary/aromatic N) is 8. The van der Waals surface area contributed by atoms with E-state index in [1.807, 2.05) is 38.0 Å². The van der Waals surface area contributed by atoms with E-state index in [9.17, 15) is 18.3 Å². The first kappa shape index (κ1) is 28.5. The standard InChI is InChI=1S/C22H36N8O4S2/c1-7-28(8-2)36(33,34)16-9-10-18-17(15-16)20(35-25-18)24-23-19-21(31)29(13-11-26(3)4)30(22(19)32)14-12-27(5)6/h9-10,15,19,21,31H,7-8,11-14H2,1-6H3. The fourth-order valence-corrected chi connectivity index (χ4v) is 6.05. The number of azo groups is 1. The molecule has 2 unspecified atom stereocenters. The Hall–Kier alpha value is -2.07. The van der Waals surface area contributed by atoms with Crippen molar-refractivity contribution in [2.75, 3.05) is 67.5 Å². The predicted octanol–water partition coefficient (Wildman–Crippen LogP) is 1.28. The molecule has 3 rings (SSSR count). The van der Waals surface area contributed by atoms with Crippen LogP contribution in [0.25, 0.3) is 10.9 Å². The summed E-state index contributed by atoms with van der Waals surface area (Å²) in [6.07, 6.45) is -1.15. The molecule has 12 nitrogen and oxygen atoms in total. The number of fused-ring (bicyclic) bond motifs is 1. The molecule has 1 aromatic heterocycles. The lowest BCUT2D eigenvalue weighted by Gasteiger charge is -2.31. The van der Waals surface area contributed by atoms with Gasteiger partial charge >= 0.3 is 0 Å². The van der Waals surface area contributed by atoms with Crippen molar-refractivity contribution < 1.29 is 18.3 Å². The molecular weight excluding hydrogens is 504 g/mol. The van der Waals surface area contributed by atoms with Crippen LogP contribution in [0.3, 0.4) is 0 Å². The molecule has 0 spiro atoms. The molecule has 2 aromatic rings. The number of hydrogen-bond donors (Lipinski definition) is 1. The Morgan fingerprint density at radius 1 is 1.08 bits per heavy atom. The molecular formula is C22H36N8O4S2. The highest BCUT2D eigenvalue weighted by molar-refractivity contribution is 7.89. The Balaban J connectivity index is 1.90. The van der Waals surface area contributed by atoms with Gasteiger partial charge < -0.3 is 14.9 Å². The molecule has 1 N–H and O–H groups in total. The summed E-state index contributed by atoms with van der Waals surface area (Å²) in [7, 11) is 4.03. The first-order valence-corrected chi connectivity index (χ1v) is 14.1. The van der Waals surface area contributed by atoms with Crippen LogP contribution in [0.5, 0.6) is 0 Å². The van der Waals surface area contributed by atoms with Crippen molar-refractivity contribution in [1.82, 2.24) is 28.5 Å². The van der Waals surface area contributed by atoms with E-state index >= 15 is 0 Å². The molecule has 0 saturated carbocycles. The number of carbonyl (C=O) groups is 1. The maximum Gasteiger partial charge on any atom is 0.267 e. The van der Waals surface area contributed by atoms with Crippen LogP contribution in [-0.2, 0) is 14.8 Å². The molecule has 2 heterocycles. The quantitative estimate of drug-likeness (QED) is 0.399. The summed E-state index contributed by atoms with van der Waals surface area (Å²) in [5, 5.41) is 23.5. The van der Waals surface area contributed by atoms with E-state index in [2.05, 4.69) is 14.6 Å². The molecule has 1 aromatic carbocycles. The molecule has 1 fully saturated rings. The second-order valence-electron chi connectivity index (χ2n) is 9.06. The third kappa shape index (κ3) is 6.07. The second-order valence-corrected chi connectivity index (χ2v) is 11.8. The van der Waals surface area contributed by atoms with Gasteiger partial charge in [0.1, 0.15) is 0 Å². The molecule has 1 saturated heterocycles. The number of aliphatic hydroxyl groups is 1. The highest BCUT2D eigenvalue weighted by Gasteiger charge is 2.46. The molecule has 1 amide bonds. The Kier molecular flexibility index (Phi) is 9.49. The van der Waals surface area contributed by atoms with Crippen LogP contribution >= 0.6 is 11.5 Å². The SMILES string of the molecule is CCN(CC)S(=O)(=O)c1ccc2nsc(N=NC3C(=O)N(CCN(C)C)N(CCN(C)C)C3O)c2c1. The summed E-state index contributed by atoms with van der Waals surface area (Å²) < 4.78 is 31.7. The van der Waals surface area contributed by atoms with Gasteiger partial charge in [0.05, 0.1) is 17.0 Å². The average molecular weight is 541 g/mol. The number of sulfonamides is 1. The Labute approximate surface area is 217 Å². The highest BCUT2D eigenvalue weighted by Crippen LogP contribution is 2.34. The maximum absolute atomic E-state index is 13.2. The highest BCUT2D eigenvalue weighted by atomic mass is 32.2. The largest absolute Gasteiger partial charge is 0.374 e. The van der Waals surface area contributed by atoms with Gasteiger partial charge in [0.2, 0.25) is 10.0 Å². The molecule has 0 bridgehead atoms. The van der Waals surface area contributed by atoms with E-state index in [-0.39, 0.29) is 10.8 Å². The Bertz CT molecular complexity index is 1180. The number of aliphatic hydroxyl groups excluding tert-OH is 1. The molecule has 200 valence electrons. The van der Waals surface area contributed by atoms with Gasteiger partial charge in [-0.15, -0.1) is 5.11 Å². The van der Waals surface area contributed by atoms with Gasteiger partial charge in [-0.2, -0.15) is 18.8 Å². The maximum atomic E-state index is 13.2. The van der Waals surface area contributed by atoms with Crippen molar-refractivity contribution in [1.29, 1.82) is 0 Å². The van der Waals surface area contributed by atoms with Crippen LogP contribution in [0.15, 0.2) is 33.3 Å². The number of amides is 1. The van der Waals surface area contributed by atoms with Gasteiger partial charge in [0.25, 0.3) is 5.91 Å². The van der Waals surface area contributed by atoms with Crippen molar-refractivity contribution in [3.8, 4) is 0 Å². The zero-order valence-corrected chi connectivity index (χ0v) is 23.3. The zero-order chi connectivity index (χ0) is 26.6. The van der Waals surface area contributed by atoms with E-state index in [0.717, 1.165) is 11.5 Å². The number of benzene rings is 1. The lowest BCUT2D eigenvalue weighted by Crippen LogP contribution is -2.47. The normalized spacial score (nSPS) is 19.8. The van der Waals surface area contributed by atoms with Crippen LogP contribution in [0, 0.1) is 0 Å². The topological polar surface area (TPSA) is 125 Å². The summed E-state index contributed by atoms with van der Waals surface area (Å²) in [6, 6.07) is 3.63. The van der Waals surface area contributed by atoms with Crippen LogP contribution in [0.1, 0.15) is 13.8 Å². The van der Waals surface area contributed by atoms with E-state index in [1.54, 1.807) is 31.0 Å². The number of hydrogen-bond acceptors (Lipinski definition) is 11. The number of hydrazine groups is 1. The summed E-state index contributed by atoms with van der Waals surface area (Å²) in [5.41, 5.74) is 0.589. The number of aromatic nitrogens is 1. The van der Waals surface area contributed by atoms with Crippen molar-refractivity contribution in [3.63, 3.8) is 0 Å². The minimum Gasteiger partial charge on any atom is -0.374 e. The van der Waals surface area contributed by atoms with E-state index in [4.69, 9.17) is 0 Å². The number of rotatable bonds is 12. The molecule has 2 atom stereocenters. The molecule has 1 aliphatic heterocycles. The fraction of sp³-hybridized carbons (Fsp3) is 0.636. The molecule has 0 radical (unpaired) electrons. The van der Waals surface area contributed by atoms with Crippen molar-refractivity contribution in [3.05, 3.63) is 18.2 Å². The fourth-order valence-electron chi connectivity index (χ4n) is 3.88. The van der Waals surface area contributed by atoms with Gasteiger partial charge in [-0.3, -0.25) is 9.80 Å². The molecule has 0 aliphatic carbocycles. The monoisotopic (exact) mass is 540 g/mol. The van der Waals surface area contributed by atoms with Crippen molar-refractivity contribution >= 4 is 43.4 Å². The molecule has 36 heavy (non-hydrogen) atoms. The zero-order valence-electron chi connectivity index (χ0n) is 21.7. The first-order chi connectivity index (χ1) is 17.0. The van der Waals surface area contributed by atoms with Crippen LogP contribution in [0.2, 0.25) is 0 Å². The molecule has 1 aliphatic rings. The third-order valence-electron chi connectivity index (χ3n) is 5.99. The Morgan fingerprint density at radius 2 is 1.72 bits per heavy atom. The summed E-state index contributed by atoms with van der Waals surface area (Å²) in [5.74, 6) is -0.328. The summed E-state index contributed by atoms with van der Waals surface area (Å²) >= 11 is 1.07. The Morgan fingerprint density at radius 3 is 2.33 bits per heavy atom. The number of likely N-dealkylation sites (N-methyl/N-ethyl adjacent to an activating group) is 2. The van der Waals surface area contributed by atoms with Gasteiger partial charge in [0.15, 0.2) is 17.3 Å². The minimum absolute atomic E-state index is 0.150. The van der Waals surface area contributed by atoms with Crippen LogP contribution in [0.4, 0.5) is 5.00 Å². The predicted molar refractivity (Wildman–Crippen MR) is 140 cm³/mol. The first-order valence-electron chi connectivity index (χ1n) is 11.9. The lowest BCUT2D eigenvalue weighted by atomic mass is 10.2. The minimum atomic E-state index is -3.65. The van der Waals surface area contributed by atoms with Crippen molar-refractivity contribution in [2.45, 2.75) is 31.0 Å². The second kappa shape index (κ2) is 12.0. The van der Waals surface area contributed by atoms with E-state index in [1.165, 1.54) is 15.4 Å². The van der Waals surface area contributed by atoms with Crippen LogP contribution < -0.4 is 0 Å². The smallest absolute Gasteiger partial charge is 0.267 e. The van der Waals surface area contributed by atoms with Crippen LogP contribution in [-0.4, -0.2) is 128 Å². The van der Waals surface area contributed by atoms with Crippen molar-refractivity contribution in [2.24, 2.45) is 10.2 Å². The van der Waals surface area contributed by atoms with Gasteiger partial charge in [-0.05, 0) is 57.9 Å². The number of carbonyl (C=O) groups excluding carboxylic acids is 1. The third-order valence-corrected chi connectivity index (χ3v) is 8.79. The summed E-state index contributed by atoms with van der Waals surface area (Å²) in [6.45, 7) is 6.45. The van der Waals surface area contributed by atoms with E-state index < -0.39 is 22.3 Å². The van der Waals surface area contributed by atoms with Gasteiger partial charge in [-0.1, -0.05) is 13.8 Å². The van der Waals surface area contributed by atoms with E-state index in [0.29, 0.717) is 55.2 Å². The van der Waals surface area contributed by atoms with Gasteiger partial charge in [0, 0.05) is 38.1 Å².